The molecule has 2 amide bonds. The Balaban J connectivity index is 2.10. The smallest absolute Gasteiger partial charge is 0.265 e. The fourth-order valence-corrected chi connectivity index (χ4v) is 4.25. The summed E-state index contributed by atoms with van der Waals surface area (Å²) in [4.78, 5) is 28.5. The van der Waals surface area contributed by atoms with Crippen LogP contribution in [-0.4, -0.2) is 40.5 Å². The number of thiocarbonyl (C=S) groups is 1. The zero-order valence-electron chi connectivity index (χ0n) is 17.7. The quantitative estimate of drug-likeness (QED) is 0.333. The van der Waals surface area contributed by atoms with Crippen LogP contribution in [-0.2, 0) is 9.59 Å². The van der Waals surface area contributed by atoms with E-state index in [9.17, 15) is 9.59 Å². The van der Waals surface area contributed by atoms with E-state index in [1.807, 2.05) is 6.92 Å². The van der Waals surface area contributed by atoms with Crippen molar-refractivity contribution >= 4 is 46.5 Å². The van der Waals surface area contributed by atoms with Gasteiger partial charge in [0, 0.05) is 29.9 Å². The van der Waals surface area contributed by atoms with E-state index < -0.39 is 17.6 Å². The molecule has 0 unspecified atom stereocenters. The lowest BCUT2D eigenvalue weighted by atomic mass is 9.87. The maximum atomic E-state index is 15.1. The predicted molar refractivity (Wildman–Crippen MR) is 122 cm³/mol. The normalized spacial score (nSPS) is 19.6. The SMILES string of the molecule is C=CCN1C(=O)/C(=C/c2cc3c(cc2F)N(CCC)C(C)(C)C=C3C)C(=O)NC1=S. The van der Waals surface area contributed by atoms with E-state index in [1.165, 1.54) is 23.1 Å². The number of carbonyl (C=O) groups is 2. The highest BCUT2D eigenvalue weighted by Crippen LogP contribution is 2.40. The fourth-order valence-electron chi connectivity index (χ4n) is 4.00. The number of hydrogen-bond acceptors (Lipinski definition) is 4. The second kappa shape index (κ2) is 8.14. The van der Waals surface area contributed by atoms with Gasteiger partial charge in [0.1, 0.15) is 11.4 Å². The van der Waals surface area contributed by atoms with Crippen molar-refractivity contribution in [3.63, 3.8) is 0 Å². The molecule has 30 heavy (non-hydrogen) atoms. The first kappa shape index (κ1) is 21.9. The Hall–Kier alpha value is -2.80. The van der Waals surface area contributed by atoms with Crippen molar-refractivity contribution in [2.24, 2.45) is 0 Å². The summed E-state index contributed by atoms with van der Waals surface area (Å²) < 4.78 is 15.1. The van der Waals surface area contributed by atoms with Gasteiger partial charge in [-0.25, -0.2) is 4.39 Å². The summed E-state index contributed by atoms with van der Waals surface area (Å²) in [6, 6.07) is 3.19. The average molecular weight is 428 g/mol. The van der Waals surface area contributed by atoms with Crippen LogP contribution >= 0.6 is 12.2 Å². The molecule has 0 bridgehead atoms. The molecule has 5 nitrogen and oxygen atoms in total. The molecule has 0 aromatic heterocycles. The van der Waals surface area contributed by atoms with E-state index >= 15 is 4.39 Å². The first-order valence-corrected chi connectivity index (χ1v) is 10.3. The van der Waals surface area contributed by atoms with Gasteiger partial charge in [-0.05, 0) is 63.2 Å². The summed E-state index contributed by atoms with van der Waals surface area (Å²) in [5, 5.41) is 2.50. The summed E-state index contributed by atoms with van der Waals surface area (Å²) >= 11 is 5.06. The molecule has 2 aliphatic rings. The minimum Gasteiger partial charge on any atom is -0.362 e. The highest BCUT2D eigenvalue weighted by atomic mass is 32.1. The van der Waals surface area contributed by atoms with Crippen LogP contribution in [0.4, 0.5) is 10.1 Å². The van der Waals surface area contributed by atoms with Crippen molar-refractivity contribution < 1.29 is 14.0 Å². The Labute approximate surface area is 181 Å². The van der Waals surface area contributed by atoms with Crippen LogP contribution in [0.3, 0.4) is 0 Å². The van der Waals surface area contributed by atoms with Crippen molar-refractivity contribution in [1.82, 2.24) is 10.2 Å². The average Bonchev–Trinajstić information content (AvgIpc) is 2.65. The van der Waals surface area contributed by atoms with E-state index in [-0.39, 0.29) is 28.3 Å². The van der Waals surface area contributed by atoms with E-state index in [2.05, 4.69) is 43.6 Å². The number of benzene rings is 1. The Bertz CT molecular complexity index is 1010. The van der Waals surface area contributed by atoms with Gasteiger partial charge in [-0.3, -0.25) is 19.8 Å². The number of nitrogens with one attached hydrogen (secondary N) is 1. The van der Waals surface area contributed by atoms with Crippen LogP contribution < -0.4 is 10.2 Å². The third-order valence-electron chi connectivity index (χ3n) is 5.34. The molecule has 7 heteroatoms. The number of allylic oxidation sites excluding steroid dienone is 1. The third-order valence-corrected chi connectivity index (χ3v) is 5.66. The van der Waals surface area contributed by atoms with Gasteiger partial charge in [-0.1, -0.05) is 19.1 Å². The predicted octanol–water partition coefficient (Wildman–Crippen LogP) is 4.05. The maximum absolute atomic E-state index is 15.1. The number of halogens is 1. The van der Waals surface area contributed by atoms with Crippen molar-refractivity contribution in [1.29, 1.82) is 0 Å². The highest BCUT2D eigenvalue weighted by molar-refractivity contribution is 7.80. The zero-order chi connectivity index (χ0) is 22.2. The van der Waals surface area contributed by atoms with Gasteiger partial charge in [0.05, 0.1) is 5.54 Å². The topological polar surface area (TPSA) is 52.7 Å². The molecule has 0 saturated carbocycles. The molecule has 1 saturated heterocycles. The first-order chi connectivity index (χ1) is 14.1. The molecule has 0 atom stereocenters. The molecule has 1 aromatic rings. The van der Waals surface area contributed by atoms with Crippen LogP contribution in [0.25, 0.3) is 11.6 Å². The molecule has 1 fully saturated rings. The van der Waals surface area contributed by atoms with Crippen molar-refractivity contribution in [2.75, 3.05) is 18.0 Å². The third kappa shape index (κ3) is 3.81. The van der Waals surface area contributed by atoms with E-state index in [4.69, 9.17) is 12.2 Å². The summed E-state index contributed by atoms with van der Waals surface area (Å²) in [7, 11) is 0. The minimum atomic E-state index is -0.636. The zero-order valence-corrected chi connectivity index (χ0v) is 18.5. The van der Waals surface area contributed by atoms with Crippen LogP contribution in [0.2, 0.25) is 0 Å². The van der Waals surface area contributed by atoms with Crippen LogP contribution in [0.1, 0.15) is 45.2 Å². The van der Waals surface area contributed by atoms with Crippen LogP contribution in [0.15, 0.2) is 36.4 Å². The molecule has 1 aromatic carbocycles. The van der Waals surface area contributed by atoms with Crippen molar-refractivity contribution in [3.8, 4) is 0 Å². The largest absolute Gasteiger partial charge is 0.362 e. The fraction of sp³-hybridized carbons (Fsp3) is 0.348. The number of anilines is 1. The number of carbonyl (C=O) groups excluding carboxylic acids is 2. The Kier molecular flexibility index (Phi) is 5.94. The lowest BCUT2D eigenvalue weighted by Crippen LogP contribution is -2.53. The molecular weight excluding hydrogens is 401 g/mol. The number of fused-ring (bicyclic) bond motifs is 1. The standard InChI is InChI=1S/C23H26FN3O2S/c1-6-8-26-21(29)17(20(28)25-22(26)30)11-15-10-16-14(3)13-23(4,5)27(9-7-2)19(16)12-18(15)24/h6,10-13H,1,7-9H2,2-5H3,(H,25,28,30)/b17-11+. The molecule has 1 N–H and O–H groups in total. The second-order valence-electron chi connectivity index (χ2n) is 8.05. The lowest BCUT2D eigenvalue weighted by molar-refractivity contribution is -0.128. The molecule has 158 valence electrons. The number of hydrogen-bond donors (Lipinski definition) is 1. The number of rotatable bonds is 5. The monoisotopic (exact) mass is 427 g/mol. The Morgan fingerprint density at radius 3 is 2.63 bits per heavy atom. The molecule has 2 heterocycles. The Morgan fingerprint density at radius 1 is 1.30 bits per heavy atom. The van der Waals surface area contributed by atoms with Crippen LogP contribution in [0, 0.1) is 5.82 Å². The van der Waals surface area contributed by atoms with Gasteiger partial charge in [0.15, 0.2) is 5.11 Å². The van der Waals surface area contributed by atoms with E-state index in [1.54, 1.807) is 6.07 Å². The molecule has 0 aliphatic carbocycles. The highest BCUT2D eigenvalue weighted by Gasteiger charge is 2.34. The van der Waals surface area contributed by atoms with Crippen molar-refractivity contribution in [3.05, 3.63) is 53.4 Å². The Morgan fingerprint density at radius 2 is 2.00 bits per heavy atom. The summed E-state index contributed by atoms with van der Waals surface area (Å²) in [6.07, 6.45) is 5.89. The summed E-state index contributed by atoms with van der Waals surface area (Å²) in [6.45, 7) is 12.8. The molecule has 0 spiro atoms. The van der Waals surface area contributed by atoms with E-state index in [0.29, 0.717) is 0 Å². The maximum Gasteiger partial charge on any atom is 0.265 e. The minimum absolute atomic E-state index is 0.0178. The van der Waals surface area contributed by atoms with Gasteiger partial charge >= 0.3 is 0 Å². The van der Waals surface area contributed by atoms with Gasteiger partial charge < -0.3 is 4.90 Å². The van der Waals surface area contributed by atoms with Gasteiger partial charge in [-0.15, -0.1) is 6.58 Å². The molecule has 0 radical (unpaired) electrons. The van der Waals surface area contributed by atoms with E-state index in [0.717, 1.165) is 29.8 Å². The lowest BCUT2D eigenvalue weighted by Gasteiger charge is -2.43. The summed E-state index contributed by atoms with van der Waals surface area (Å²) in [5.74, 6) is -1.69. The van der Waals surface area contributed by atoms with Crippen molar-refractivity contribution in [2.45, 2.75) is 39.7 Å². The second-order valence-corrected chi connectivity index (χ2v) is 8.43. The molecule has 3 rings (SSSR count). The molecule has 2 aliphatic heterocycles. The van der Waals surface area contributed by atoms with Gasteiger partial charge in [0.2, 0.25) is 0 Å². The van der Waals surface area contributed by atoms with Crippen LogP contribution in [0.5, 0.6) is 0 Å². The van der Waals surface area contributed by atoms with Gasteiger partial charge in [-0.2, -0.15) is 0 Å². The number of amides is 2. The first-order valence-electron chi connectivity index (χ1n) is 9.91. The summed E-state index contributed by atoms with van der Waals surface area (Å²) in [5.41, 5.74) is 2.51. The number of nitrogens with zero attached hydrogens (tertiary/aromatic N) is 2. The van der Waals surface area contributed by atoms with Gasteiger partial charge in [0.25, 0.3) is 11.8 Å². The molecular formula is C23H26FN3O2S.